The zero-order chi connectivity index (χ0) is 22.6. The highest BCUT2D eigenvalue weighted by atomic mass is 35.5. The Balaban J connectivity index is 1.35. The van der Waals surface area contributed by atoms with Crippen molar-refractivity contribution in [2.24, 2.45) is 0 Å². The van der Waals surface area contributed by atoms with Crippen LogP contribution in [0.3, 0.4) is 0 Å². The third-order valence-electron chi connectivity index (χ3n) is 4.40. The first-order chi connectivity index (χ1) is 14.6. The molecular weight excluding hydrogens is 446 g/mol. The molecular formula is C19H18ClF4N3O4. The number of aromatic nitrogens is 2. The van der Waals surface area contributed by atoms with Gasteiger partial charge in [-0.1, -0.05) is 23.3 Å². The number of halogens is 5. The van der Waals surface area contributed by atoms with Crippen molar-refractivity contribution < 1.29 is 36.4 Å². The maximum atomic E-state index is 13.5. The van der Waals surface area contributed by atoms with Gasteiger partial charge in [-0.3, -0.25) is 9.53 Å². The third-order valence-corrected chi connectivity index (χ3v) is 4.71. The molecule has 3 rings (SSSR count). The van der Waals surface area contributed by atoms with E-state index in [2.05, 4.69) is 26.8 Å². The summed E-state index contributed by atoms with van der Waals surface area (Å²) < 4.78 is 63.9. The fourth-order valence-electron chi connectivity index (χ4n) is 2.79. The average molecular weight is 464 g/mol. The number of carbonyl (C=O) groups is 1. The molecule has 0 bridgehead atoms. The molecule has 31 heavy (non-hydrogen) atoms. The van der Waals surface area contributed by atoms with Gasteiger partial charge in [0.15, 0.2) is 0 Å². The number of aryl methyl sites for hydroxylation is 1. The first kappa shape index (κ1) is 23.2. The lowest BCUT2D eigenvalue weighted by Gasteiger charge is -2.34. The molecule has 1 amide bonds. The molecule has 2 aromatic rings. The monoisotopic (exact) mass is 463 g/mol. The predicted octanol–water partition coefficient (Wildman–Crippen LogP) is 4.18. The lowest BCUT2D eigenvalue weighted by atomic mass is 9.92. The summed E-state index contributed by atoms with van der Waals surface area (Å²) in [6, 6.07) is 4.13. The molecule has 0 aliphatic heterocycles. The summed E-state index contributed by atoms with van der Waals surface area (Å²) in [5.41, 5.74) is 0.776. The zero-order valence-corrected chi connectivity index (χ0v) is 16.8. The third kappa shape index (κ3) is 7.01. The Labute approximate surface area is 179 Å². The van der Waals surface area contributed by atoms with Crippen LogP contribution in [0.15, 0.2) is 35.0 Å². The van der Waals surface area contributed by atoms with Crippen LogP contribution in [0, 0.1) is 5.82 Å². The molecule has 1 heterocycles. The predicted molar refractivity (Wildman–Crippen MR) is 100 cm³/mol. The summed E-state index contributed by atoms with van der Waals surface area (Å²) >= 11 is 5.64. The van der Waals surface area contributed by atoms with E-state index < -0.39 is 30.3 Å². The lowest BCUT2D eigenvalue weighted by molar-refractivity contribution is -0.357. The van der Waals surface area contributed by atoms with Gasteiger partial charge in [0.2, 0.25) is 17.6 Å². The van der Waals surface area contributed by atoms with E-state index in [9.17, 15) is 22.4 Å². The molecule has 1 saturated carbocycles. The van der Waals surface area contributed by atoms with Gasteiger partial charge in [0.05, 0.1) is 17.2 Å². The van der Waals surface area contributed by atoms with Crippen LogP contribution in [-0.4, -0.2) is 41.2 Å². The Hall–Kier alpha value is -2.50. The number of alkyl halides is 3. The van der Waals surface area contributed by atoms with Crippen molar-refractivity contribution in [2.75, 3.05) is 6.61 Å². The summed E-state index contributed by atoms with van der Waals surface area (Å²) in [5.74, 6) is -0.619. The number of amides is 1. The van der Waals surface area contributed by atoms with Gasteiger partial charge >= 0.3 is 6.36 Å². The molecule has 0 unspecified atom stereocenters. The van der Waals surface area contributed by atoms with E-state index in [1.54, 1.807) is 6.07 Å². The van der Waals surface area contributed by atoms with E-state index >= 15 is 0 Å². The van der Waals surface area contributed by atoms with Gasteiger partial charge in [-0.2, -0.15) is 4.98 Å². The van der Waals surface area contributed by atoms with Gasteiger partial charge in [0.1, 0.15) is 12.4 Å². The first-order valence-electron chi connectivity index (χ1n) is 9.21. The number of carbonyl (C=O) groups excluding carboxylic acids is 1. The highest BCUT2D eigenvalue weighted by molar-refractivity contribution is 6.30. The topological polar surface area (TPSA) is 86.5 Å². The van der Waals surface area contributed by atoms with Crippen molar-refractivity contribution >= 4 is 17.5 Å². The van der Waals surface area contributed by atoms with E-state index in [1.165, 1.54) is 12.1 Å². The number of nitrogens with one attached hydrogen (secondary N) is 1. The van der Waals surface area contributed by atoms with Crippen LogP contribution in [-0.2, 0) is 20.7 Å². The number of benzene rings is 1. The molecule has 0 radical (unpaired) electrons. The Kier molecular flexibility index (Phi) is 7.29. The van der Waals surface area contributed by atoms with Gasteiger partial charge in [-0.05, 0) is 24.6 Å². The molecule has 7 nitrogen and oxygen atoms in total. The lowest BCUT2D eigenvalue weighted by Crippen LogP contribution is -2.42. The average Bonchev–Trinajstić information content (AvgIpc) is 3.12. The highest BCUT2D eigenvalue weighted by Crippen LogP contribution is 2.32. The fraction of sp³-hybridized carbons (Fsp3) is 0.421. The van der Waals surface area contributed by atoms with Gasteiger partial charge < -0.3 is 14.6 Å². The van der Waals surface area contributed by atoms with Gasteiger partial charge in [0, 0.05) is 30.5 Å². The van der Waals surface area contributed by atoms with Crippen molar-refractivity contribution in [3.63, 3.8) is 0 Å². The molecule has 0 atom stereocenters. The Bertz CT molecular complexity index is 944. The summed E-state index contributed by atoms with van der Waals surface area (Å²) in [5, 5.41) is 6.29. The second kappa shape index (κ2) is 9.75. The summed E-state index contributed by atoms with van der Waals surface area (Å²) in [4.78, 5) is 16.0. The van der Waals surface area contributed by atoms with Gasteiger partial charge in [0.25, 0.3) is 0 Å². The van der Waals surface area contributed by atoms with E-state index in [0.29, 0.717) is 17.7 Å². The highest BCUT2D eigenvalue weighted by Gasteiger charge is 2.40. The smallest absolute Gasteiger partial charge is 0.368 e. The molecule has 0 spiro atoms. The zero-order valence-electron chi connectivity index (χ0n) is 16.0. The van der Waals surface area contributed by atoms with Crippen molar-refractivity contribution in [2.45, 2.75) is 44.3 Å². The molecule has 1 aromatic heterocycles. The first-order valence-corrected chi connectivity index (χ1v) is 9.58. The summed E-state index contributed by atoms with van der Waals surface area (Å²) in [7, 11) is 0. The van der Waals surface area contributed by atoms with E-state index in [0.717, 1.165) is 0 Å². The molecule has 168 valence electrons. The Morgan fingerprint density at radius 1 is 1.32 bits per heavy atom. The largest absolute Gasteiger partial charge is 0.522 e. The number of hydrogen-bond donors (Lipinski definition) is 1. The summed E-state index contributed by atoms with van der Waals surface area (Å²) in [6.07, 6.45) is -5.34. The van der Waals surface area contributed by atoms with Crippen LogP contribution in [0.2, 0.25) is 5.02 Å². The van der Waals surface area contributed by atoms with Crippen LogP contribution >= 0.6 is 11.6 Å². The number of nitrogens with zero attached hydrogens (tertiary/aromatic N) is 2. The SMILES string of the molecule is C=C(CCc1nc(-c2ccc(Cl)c(F)c2)no1)NC(=O)COC1CC(OC(F)(F)F)C1. The maximum absolute atomic E-state index is 13.5. The van der Waals surface area contributed by atoms with E-state index in [4.69, 9.17) is 20.9 Å². The minimum absolute atomic E-state index is 0.0183. The Morgan fingerprint density at radius 2 is 2.06 bits per heavy atom. The van der Waals surface area contributed by atoms with Crippen molar-refractivity contribution in [1.82, 2.24) is 15.5 Å². The van der Waals surface area contributed by atoms with Crippen molar-refractivity contribution in [3.8, 4) is 11.4 Å². The molecule has 1 aliphatic rings. The molecule has 1 aromatic carbocycles. The van der Waals surface area contributed by atoms with Gasteiger partial charge in [-0.15, -0.1) is 13.2 Å². The second-order valence-corrected chi connectivity index (χ2v) is 7.29. The van der Waals surface area contributed by atoms with Crippen molar-refractivity contribution in [3.05, 3.63) is 47.2 Å². The summed E-state index contributed by atoms with van der Waals surface area (Å²) in [6.45, 7) is 3.41. The van der Waals surface area contributed by atoms with Crippen LogP contribution in [0.1, 0.15) is 25.2 Å². The van der Waals surface area contributed by atoms with Gasteiger partial charge in [-0.25, -0.2) is 4.39 Å². The van der Waals surface area contributed by atoms with Crippen LogP contribution in [0.5, 0.6) is 0 Å². The van der Waals surface area contributed by atoms with Crippen LogP contribution < -0.4 is 5.32 Å². The molecule has 1 fully saturated rings. The minimum Gasteiger partial charge on any atom is -0.368 e. The van der Waals surface area contributed by atoms with Crippen LogP contribution in [0.4, 0.5) is 17.6 Å². The molecule has 1 aliphatic carbocycles. The molecule has 12 heteroatoms. The van der Waals surface area contributed by atoms with E-state index in [-0.39, 0.29) is 42.6 Å². The number of rotatable bonds is 9. The normalized spacial score (nSPS) is 18.5. The number of ether oxygens (including phenoxy) is 2. The van der Waals surface area contributed by atoms with Crippen LogP contribution in [0.25, 0.3) is 11.4 Å². The Morgan fingerprint density at radius 3 is 2.74 bits per heavy atom. The quantitative estimate of drug-likeness (QED) is 0.562. The standard InChI is InChI=1S/C19H18ClF4N3O4/c1-10(25-16(28)9-29-12-7-13(8-12)30-19(22,23)24)2-5-17-26-18(27-31-17)11-3-4-14(20)15(21)6-11/h3-4,6,12-13H,1-2,5,7-9H2,(H,25,28). The number of allylic oxidation sites excluding steroid dienone is 1. The van der Waals surface area contributed by atoms with E-state index in [1.807, 2.05) is 0 Å². The fourth-order valence-corrected chi connectivity index (χ4v) is 2.91. The number of hydrogen-bond acceptors (Lipinski definition) is 6. The molecule has 1 N–H and O–H groups in total. The maximum Gasteiger partial charge on any atom is 0.522 e. The second-order valence-electron chi connectivity index (χ2n) is 6.88. The van der Waals surface area contributed by atoms with Crippen molar-refractivity contribution in [1.29, 1.82) is 0 Å². The minimum atomic E-state index is -4.67. The molecule has 0 saturated heterocycles.